The number of ether oxygens (including phenoxy) is 2. The van der Waals surface area contributed by atoms with Crippen LogP contribution in [0.25, 0.3) is 0 Å². The van der Waals surface area contributed by atoms with E-state index < -0.39 is 10.9 Å². The highest BCUT2D eigenvalue weighted by Gasteiger charge is 2.17. The molecule has 0 fully saturated rings. The minimum absolute atomic E-state index is 0.0918. The maximum absolute atomic E-state index is 11.3. The fourth-order valence-electron chi connectivity index (χ4n) is 1.63. The number of esters is 1. The van der Waals surface area contributed by atoms with E-state index in [0.717, 1.165) is 0 Å². The third-order valence-electron chi connectivity index (χ3n) is 2.67. The van der Waals surface area contributed by atoms with Gasteiger partial charge in [-0.15, -0.1) is 0 Å². The van der Waals surface area contributed by atoms with Crippen LogP contribution in [0.15, 0.2) is 36.4 Å². The lowest BCUT2D eigenvalue weighted by Crippen LogP contribution is -2.01. The zero-order valence-corrected chi connectivity index (χ0v) is 11.4. The van der Waals surface area contributed by atoms with Crippen LogP contribution in [0, 0.1) is 17.0 Å². The van der Waals surface area contributed by atoms with Gasteiger partial charge in [0.1, 0.15) is 5.75 Å². The molecule has 2 rings (SSSR count). The molecule has 0 aliphatic carbocycles. The summed E-state index contributed by atoms with van der Waals surface area (Å²) in [7, 11) is 1.28. The van der Waals surface area contributed by atoms with Crippen molar-refractivity contribution in [1.29, 1.82) is 0 Å². The van der Waals surface area contributed by atoms with Gasteiger partial charge in [-0.1, -0.05) is 0 Å². The summed E-state index contributed by atoms with van der Waals surface area (Å²) in [5.41, 5.74) is 0.732. The summed E-state index contributed by atoms with van der Waals surface area (Å²) in [5, 5.41) is 10.9. The van der Waals surface area contributed by atoms with Crippen LogP contribution in [0.1, 0.15) is 16.1 Å². The molecule has 7 nitrogen and oxygen atoms in total. The van der Waals surface area contributed by atoms with Crippen molar-refractivity contribution >= 4 is 11.7 Å². The van der Waals surface area contributed by atoms with Crippen LogP contribution in [0.3, 0.4) is 0 Å². The molecule has 0 saturated heterocycles. The Labute approximate surface area is 120 Å². The Hall–Kier alpha value is -2.96. The van der Waals surface area contributed by atoms with Crippen molar-refractivity contribution in [1.82, 2.24) is 4.98 Å². The lowest BCUT2D eigenvalue weighted by molar-refractivity contribution is -0.386. The number of carbonyl (C=O) groups is 1. The Balaban J connectivity index is 2.28. The molecule has 108 valence electrons. The van der Waals surface area contributed by atoms with Gasteiger partial charge < -0.3 is 9.47 Å². The first-order valence-electron chi connectivity index (χ1n) is 5.99. The van der Waals surface area contributed by atoms with Crippen LogP contribution >= 0.6 is 0 Å². The van der Waals surface area contributed by atoms with Gasteiger partial charge in [-0.3, -0.25) is 10.1 Å². The Morgan fingerprint density at radius 1 is 1.19 bits per heavy atom. The van der Waals surface area contributed by atoms with Crippen molar-refractivity contribution in [3.63, 3.8) is 0 Å². The van der Waals surface area contributed by atoms with Crippen LogP contribution in [-0.2, 0) is 4.74 Å². The summed E-state index contributed by atoms with van der Waals surface area (Å²) < 4.78 is 9.99. The van der Waals surface area contributed by atoms with E-state index in [-0.39, 0.29) is 11.6 Å². The monoisotopic (exact) mass is 288 g/mol. The molecule has 0 unspecified atom stereocenters. The summed E-state index contributed by atoms with van der Waals surface area (Å²) in [5.74, 6) is -0.226. The zero-order valence-electron chi connectivity index (χ0n) is 11.4. The molecule has 0 aliphatic heterocycles. The maximum Gasteiger partial charge on any atom is 0.337 e. The predicted molar refractivity (Wildman–Crippen MR) is 73.5 cm³/mol. The second-order valence-corrected chi connectivity index (χ2v) is 4.15. The number of nitrogens with zero attached hydrogens (tertiary/aromatic N) is 2. The molecule has 2 aromatic rings. The predicted octanol–water partition coefficient (Wildman–Crippen LogP) is 2.88. The molecule has 1 aromatic heterocycles. The molecule has 0 N–H and O–H groups in total. The Kier molecular flexibility index (Phi) is 4.13. The molecule has 0 radical (unpaired) electrons. The molecule has 0 aliphatic rings. The maximum atomic E-state index is 11.3. The number of aryl methyl sites for hydroxylation is 1. The average molecular weight is 288 g/mol. The summed E-state index contributed by atoms with van der Waals surface area (Å²) in [4.78, 5) is 25.7. The van der Waals surface area contributed by atoms with Crippen molar-refractivity contribution in [2.75, 3.05) is 7.11 Å². The number of aromatic nitrogens is 1. The highest BCUT2D eigenvalue weighted by molar-refractivity contribution is 5.89. The lowest BCUT2D eigenvalue weighted by Gasteiger charge is -2.06. The number of pyridine rings is 1. The quantitative estimate of drug-likeness (QED) is 0.488. The number of benzene rings is 1. The van der Waals surface area contributed by atoms with Gasteiger partial charge in [0, 0.05) is 11.8 Å². The highest BCUT2D eigenvalue weighted by Crippen LogP contribution is 2.29. The number of hydrogen-bond donors (Lipinski definition) is 0. The van der Waals surface area contributed by atoms with Gasteiger partial charge in [-0.2, -0.15) is 0 Å². The third kappa shape index (κ3) is 3.33. The fourth-order valence-corrected chi connectivity index (χ4v) is 1.63. The normalized spacial score (nSPS) is 10.0. The van der Waals surface area contributed by atoms with Gasteiger partial charge in [0.2, 0.25) is 0 Å². The molecule has 0 atom stereocenters. The molecule has 7 heteroatoms. The van der Waals surface area contributed by atoms with Crippen molar-refractivity contribution in [3.05, 3.63) is 57.8 Å². The largest absolute Gasteiger partial charge is 0.465 e. The van der Waals surface area contributed by atoms with Gasteiger partial charge >= 0.3 is 11.7 Å². The van der Waals surface area contributed by atoms with Crippen LogP contribution < -0.4 is 4.74 Å². The molecule has 1 heterocycles. The summed E-state index contributed by atoms with van der Waals surface area (Å²) in [6, 6.07) is 8.90. The Morgan fingerprint density at radius 3 is 2.43 bits per heavy atom. The minimum Gasteiger partial charge on any atom is -0.465 e. The number of carbonyl (C=O) groups excluding carboxylic acids is 1. The van der Waals surface area contributed by atoms with E-state index in [1.54, 1.807) is 6.92 Å². The number of nitro groups is 1. The molecule has 21 heavy (non-hydrogen) atoms. The fraction of sp³-hybridized carbons (Fsp3) is 0.143. The topological polar surface area (TPSA) is 91.6 Å². The molecular formula is C14H12N2O5. The van der Waals surface area contributed by atoms with Crippen LogP contribution in [0.4, 0.5) is 5.69 Å². The van der Waals surface area contributed by atoms with E-state index in [0.29, 0.717) is 17.0 Å². The Bertz CT molecular complexity index is 682. The first-order valence-corrected chi connectivity index (χ1v) is 5.99. The van der Waals surface area contributed by atoms with Crippen molar-refractivity contribution in [3.8, 4) is 11.6 Å². The van der Waals surface area contributed by atoms with E-state index in [1.807, 2.05) is 0 Å². The van der Waals surface area contributed by atoms with Crippen molar-refractivity contribution in [2.45, 2.75) is 6.92 Å². The highest BCUT2D eigenvalue weighted by atomic mass is 16.6. The van der Waals surface area contributed by atoms with Gasteiger partial charge in [0.25, 0.3) is 5.88 Å². The molecule has 0 spiro atoms. The second kappa shape index (κ2) is 6.00. The standard InChI is InChI=1S/C14H12N2O5/c1-9-3-8-12(16(18)19)13(15-9)21-11-6-4-10(5-7-11)14(17)20-2/h3-8H,1-2H3. The average Bonchev–Trinajstić information content (AvgIpc) is 2.47. The van der Waals surface area contributed by atoms with Crippen molar-refractivity contribution < 1.29 is 19.2 Å². The van der Waals surface area contributed by atoms with Gasteiger partial charge in [-0.05, 0) is 37.3 Å². The van der Waals surface area contributed by atoms with Crippen LogP contribution in [-0.4, -0.2) is 23.0 Å². The molecule has 1 aromatic carbocycles. The van der Waals surface area contributed by atoms with Gasteiger partial charge in [-0.25, -0.2) is 9.78 Å². The summed E-state index contributed by atoms with van der Waals surface area (Å²) in [6.07, 6.45) is 0. The van der Waals surface area contributed by atoms with Crippen molar-refractivity contribution in [2.24, 2.45) is 0 Å². The Morgan fingerprint density at radius 2 is 1.86 bits per heavy atom. The van der Waals surface area contributed by atoms with E-state index >= 15 is 0 Å². The van der Waals surface area contributed by atoms with E-state index in [1.165, 1.54) is 43.5 Å². The van der Waals surface area contributed by atoms with Crippen LogP contribution in [0.5, 0.6) is 11.6 Å². The molecule has 0 saturated carbocycles. The van der Waals surface area contributed by atoms with Crippen LogP contribution in [0.2, 0.25) is 0 Å². The van der Waals surface area contributed by atoms with E-state index in [2.05, 4.69) is 9.72 Å². The molecule has 0 bridgehead atoms. The van der Waals surface area contributed by atoms with Gasteiger partial charge in [0.05, 0.1) is 17.6 Å². The lowest BCUT2D eigenvalue weighted by atomic mass is 10.2. The zero-order chi connectivity index (χ0) is 15.4. The van der Waals surface area contributed by atoms with E-state index in [4.69, 9.17) is 4.74 Å². The number of hydrogen-bond acceptors (Lipinski definition) is 6. The van der Waals surface area contributed by atoms with E-state index in [9.17, 15) is 14.9 Å². The smallest absolute Gasteiger partial charge is 0.337 e. The third-order valence-corrected chi connectivity index (χ3v) is 2.67. The second-order valence-electron chi connectivity index (χ2n) is 4.15. The molecular weight excluding hydrogens is 276 g/mol. The number of methoxy groups -OCH3 is 1. The first kappa shape index (κ1) is 14.4. The first-order chi connectivity index (χ1) is 10.0. The minimum atomic E-state index is -0.565. The van der Waals surface area contributed by atoms with Gasteiger partial charge in [0.15, 0.2) is 0 Å². The summed E-state index contributed by atoms with van der Waals surface area (Å²) in [6.45, 7) is 1.71. The molecule has 0 amide bonds. The number of rotatable bonds is 4. The summed E-state index contributed by atoms with van der Waals surface area (Å²) >= 11 is 0. The SMILES string of the molecule is COC(=O)c1ccc(Oc2nc(C)ccc2[N+](=O)[O-])cc1.